The summed E-state index contributed by atoms with van der Waals surface area (Å²) >= 11 is 0. The molecule has 5 aliphatic carbocycles. The number of aliphatic hydroxyl groups is 3. The predicted octanol–water partition coefficient (Wildman–Crippen LogP) is 5.84. The van der Waals surface area contributed by atoms with E-state index in [2.05, 4.69) is 39.6 Å². The van der Waals surface area contributed by atoms with E-state index >= 15 is 0 Å². The molecule has 10 atom stereocenters. The number of fused-ring (bicyclic) bond motifs is 4. The van der Waals surface area contributed by atoms with Gasteiger partial charge in [-0.2, -0.15) is 0 Å². The highest BCUT2D eigenvalue weighted by molar-refractivity contribution is 5.89. The van der Waals surface area contributed by atoms with Crippen molar-refractivity contribution in [2.45, 2.75) is 124 Å². The number of hydrogen-bond donors (Lipinski definition) is 3. The van der Waals surface area contributed by atoms with Gasteiger partial charge in [-0.1, -0.05) is 34.6 Å². The minimum Gasteiger partial charge on any atom is -0.458 e. The molecule has 7 nitrogen and oxygen atoms in total. The Labute approximate surface area is 257 Å². The van der Waals surface area contributed by atoms with Gasteiger partial charge in [0.25, 0.3) is 0 Å². The number of carbonyl (C=O) groups is 1. The Bertz CT molecular complexity index is 1280. The highest BCUT2D eigenvalue weighted by Crippen LogP contribution is 2.90. The van der Waals surface area contributed by atoms with Gasteiger partial charge in [-0.15, -0.1) is 0 Å². The molecule has 1 unspecified atom stereocenters. The lowest BCUT2D eigenvalue weighted by molar-refractivity contribution is -0.128. The number of hydrogen-bond acceptors (Lipinski definition) is 7. The first-order valence-corrected chi connectivity index (χ1v) is 16.5. The fraction of sp³-hybridized carbons (Fsp3) is 0.750. The van der Waals surface area contributed by atoms with Crippen molar-refractivity contribution in [2.24, 2.45) is 44.8 Å². The first-order chi connectivity index (χ1) is 20.0. The van der Waals surface area contributed by atoms with Crippen molar-refractivity contribution in [2.75, 3.05) is 0 Å². The van der Waals surface area contributed by atoms with Crippen molar-refractivity contribution in [3.05, 3.63) is 48.2 Å². The summed E-state index contributed by atoms with van der Waals surface area (Å²) in [5.41, 5.74) is -1.24. The zero-order valence-electron chi connectivity index (χ0n) is 26.9. The molecule has 1 saturated heterocycles. The molecule has 6 aliphatic rings. The lowest BCUT2D eigenvalue weighted by Gasteiger charge is -2.63. The van der Waals surface area contributed by atoms with Crippen LogP contribution in [0.5, 0.6) is 0 Å². The highest BCUT2D eigenvalue weighted by Gasteiger charge is 2.85. The molecule has 3 radical (unpaired) electrons. The van der Waals surface area contributed by atoms with Gasteiger partial charge in [0.2, 0.25) is 0 Å². The predicted molar refractivity (Wildman–Crippen MR) is 161 cm³/mol. The van der Waals surface area contributed by atoms with Crippen LogP contribution in [0.1, 0.15) is 110 Å². The molecule has 1 aromatic heterocycles. The quantitative estimate of drug-likeness (QED) is 0.377. The standard InChI is InChI=1S/C36H50NO6/c1-20-17-22(28(38)32(4,5)41)42-27-26(20)33(6)14-15-36-19-35(36)13-12-25(43-30(40)21-9-8-16-37-18-21)31(2,3)23(35)10-11-24(36)34(33,7)29(27)39/h8-9,16,18,20,23,25-26,28-29,38-39,41H,10-15,17,19H2,1-7H3/t20-,23+,25?,26+,28+,29+,33-,34-,35-,36+/m1/s1. The van der Waals surface area contributed by atoms with Crippen molar-refractivity contribution in [1.29, 1.82) is 0 Å². The van der Waals surface area contributed by atoms with Gasteiger partial charge in [0, 0.05) is 29.1 Å². The summed E-state index contributed by atoms with van der Waals surface area (Å²) in [4.78, 5) is 17.1. The molecule has 1 aliphatic heterocycles. The maximum absolute atomic E-state index is 13.0. The van der Waals surface area contributed by atoms with Crippen LogP contribution in [0.25, 0.3) is 0 Å². The van der Waals surface area contributed by atoms with E-state index in [1.54, 1.807) is 44.3 Å². The molecule has 0 amide bonds. The van der Waals surface area contributed by atoms with Crippen molar-refractivity contribution < 1.29 is 29.6 Å². The Kier molecular flexibility index (Phi) is 6.49. The Morgan fingerprint density at radius 2 is 1.91 bits per heavy atom. The van der Waals surface area contributed by atoms with Gasteiger partial charge in [-0.05, 0) is 111 Å². The second-order valence-corrected chi connectivity index (χ2v) is 16.7. The van der Waals surface area contributed by atoms with E-state index in [4.69, 9.17) is 9.47 Å². The third kappa shape index (κ3) is 3.74. The number of carbonyl (C=O) groups excluding carboxylic acids is 1. The number of nitrogens with zero attached hydrogens (tertiary/aromatic N) is 1. The normalized spacial score (nSPS) is 46.5. The van der Waals surface area contributed by atoms with Crippen molar-refractivity contribution in [1.82, 2.24) is 4.98 Å². The van der Waals surface area contributed by atoms with Crippen LogP contribution in [-0.2, 0) is 9.47 Å². The number of aromatic nitrogens is 1. The third-order valence-electron chi connectivity index (χ3n) is 14.1. The summed E-state index contributed by atoms with van der Waals surface area (Å²) in [6.07, 6.45) is 10.2. The summed E-state index contributed by atoms with van der Waals surface area (Å²) in [5.74, 6) is 2.00. The van der Waals surface area contributed by atoms with Crippen LogP contribution in [0.15, 0.2) is 24.5 Å². The van der Waals surface area contributed by atoms with Crippen molar-refractivity contribution in [3.8, 4) is 0 Å². The first-order valence-electron chi connectivity index (χ1n) is 16.5. The summed E-state index contributed by atoms with van der Waals surface area (Å²) in [6, 6.07) is 3.54. The Morgan fingerprint density at radius 3 is 2.58 bits per heavy atom. The molecule has 6 fully saturated rings. The molecule has 43 heavy (non-hydrogen) atoms. The van der Waals surface area contributed by atoms with Crippen LogP contribution in [0, 0.1) is 63.0 Å². The summed E-state index contributed by atoms with van der Waals surface area (Å²) < 4.78 is 12.7. The second-order valence-electron chi connectivity index (χ2n) is 16.7. The number of esters is 1. The Morgan fingerprint density at radius 1 is 1.16 bits per heavy atom. The van der Waals surface area contributed by atoms with E-state index in [0.717, 1.165) is 44.9 Å². The van der Waals surface area contributed by atoms with Crippen LogP contribution in [0.3, 0.4) is 0 Å². The molecular weight excluding hydrogens is 542 g/mol. The monoisotopic (exact) mass is 592 g/mol. The van der Waals surface area contributed by atoms with Gasteiger partial charge in [0.05, 0.1) is 17.3 Å². The maximum atomic E-state index is 13.0. The third-order valence-corrected chi connectivity index (χ3v) is 14.1. The minimum absolute atomic E-state index is 0.0987. The number of aliphatic hydroxyl groups excluding tert-OH is 2. The number of ether oxygens (including phenoxy) is 2. The second kappa shape index (κ2) is 9.27. The molecule has 235 valence electrons. The molecular formula is C36H50NO6. The Balaban J connectivity index is 1.16. The molecule has 0 aromatic carbocycles. The average Bonchev–Trinajstić information content (AvgIpc) is 3.58. The molecule has 5 saturated carbocycles. The molecule has 7 heteroatoms. The van der Waals surface area contributed by atoms with E-state index in [-0.39, 0.29) is 45.6 Å². The van der Waals surface area contributed by atoms with Crippen LogP contribution >= 0.6 is 0 Å². The van der Waals surface area contributed by atoms with Gasteiger partial charge < -0.3 is 24.8 Å². The van der Waals surface area contributed by atoms with Gasteiger partial charge in [-0.25, -0.2) is 4.79 Å². The minimum atomic E-state index is -1.32. The van der Waals surface area contributed by atoms with Crippen LogP contribution in [-0.4, -0.2) is 50.2 Å². The van der Waals surface area contributed by atoms with E-state index in [1.165, 1.54) is 0 Å². The van der Waals surface area contributed by atoms with Crippen LogP contribution in [0.2, 0.25) is 0 Å². The SMILES string of the molecule is C[C@@H]1C[C]([C@H](O)C(C)(C)O)O[C]2[C@H]1[C@@]1(C)CC[C@@]34C[C@@]35CCC(OC(=O)c3cccnc3)C(C)(C)[C@@H]5CC[C]4[C@]1(C)[C@H]2O. The van der Waals surface area contributed by atoms with Crippen molar-refractivity contribution >= 4 is 5.97 Å². The number of rotatable bonds is 4. The lowest BCUT2D eigenvalue weighted by Crippen LogP contribution is -2.59. The van der Waals surface area contributed by atoms with Gasteiger partial charge >= 0.3 is 5.97 Å². The van der Waals surface area contributed by atoms with Crippen LogP contribution < -0.4 is 0 Å². The van der Waals surface area contributed by atoms with Gasteiger partial charge in [-0.3, -0.25) is 4.98 Å². The summed E-state index contributed by atoms with van der Waals surface area (Å²) in [7, 11) is 0. The topological polar surface area (TPSA) is 109 Å². The maximum Gasteiger partial charge on any atom is 0.339 e. The fourth-order valence-corrected chi connectivity index (χ4v) is 11.9. The molecule has 3 N–H and O–H groups in total. The smallest absolute Gasteiger partial charge is 0.339 e. The zero-order chi connectivity index (χ0) is 31.0. The van der Waals surface area contributed by atoms with Crippen molar-refractivity contribution in [3.63, 3.8) is 0 Å². The molecule has 2 heterocycles. The summed E-state index contributed by atoms with van der Waals surface area (Å²) in [6.45, 7) is 14.7. The first kappa shape index (κ1) is 30.1. The van der Waals surface area contributed by atoms with E-state index in [0.29, 0.717) is 30.1 Å². The molecule has 2 spiro atoms. The largest absolute Gasteiger partial charge is 0.458 e. The van der Waals surface area contributed by atoms with Gasteiger partial charge in [0.1, 0.15) is 24.4 Å². The molecule has 1 aromatic rings. The highest BCUT2D eigenvalue weighted by atomic mass is 16.5. The van der Waals surface area contributed by atoms with E-state index in [9.17, 15) is 20.1 Å². The average molecular weight is 593 g/mol. The van der Waals surface area contributed by atoms with E-state index in [1.807, 2.05) is 0 Å². The molecule has 0 bridgehead atoms. The fourth-order valence-electron chi connectivity index (χ4n) is 11.9. The number of pyridine rings is 1. The Hall–Kier alpha value is -1.54. The summed E-state index contributed by atoms with van der Waals surface area (Å²) in [5, 5.41) is 33.8. The lowest BCUT2D eigenvalue weighted by atomic mass is 9.41. The molecule has 7 rings (SSSR count). The van der Waals surface area contributed by atoms with Gasteiger partial charge in [0.15, 0.2) is 0 Å². The van der Waals surface area contributed by atoms with E-state index < -0.39 is 23.2 Å². The zero-order valence-corrected chi connectivity index (χ0v) is 26.9. The van der Waals surface area contributed by atoms with Crippen LogP contribution in [0.4, 0.5) is 0 Å².